The second-order valence-corrected chi connectivity index (χ2v) is 7.84. The van der Waals surface area contributed by atoms with Crippen molar-refractivity contribution in [3.63, 3.8) is 0 Å². The summed E-state index contributed by atoms with van der Waals surface area (Å²) in [5, 5.41) is 4.71. The molecule has 3 rings (SSSR count). The molecule has 0 saturated carbocycles. The number of benzene rings is 3. The maximum atomic E-state index is 12.6. The number of methoxy groups -OCH3 is 1. The van der Waals surface area contributed by atoms with Crippen molar-refractivity contribution < 1.29 is 23.7 Å². The Morgan fingerprint density at radius 2 is 1.71 bits per heavy atom. The van der Waals surface area contributed by atoms with Gasteiger partial charge in [0.05, 0.1) is 26.5 Å². The first-order chi connectivity index (χ1) is 17.0. The molecule has 0 radical (unpaired) electrons. The molecule has 0 aliphatic rings. The van der Waals surface area contributed by atoms with Gasteiger partial charge < -0.3 is 18.9 Å². The van der Waals surface area contributed by atoms with Crippen molar-refractivity contribution in [2.45, 2.75) is 26.9 Å². The number of amides is 1. The summed E-state index contributed by atoms with van der Waals surface area (Å²) in [4.78, 5) is 12.6. The van der Waals surface area contributed by atoms with E-state index in [2.05, 4.69) is 10.5 Å². The molecule has 0 unspecified atom stereocenters. The summed E-state index contributed by atoms with van der Waals surface area (Å²) in [5.41, 5.74) is 4.55. The lowest BCUT2D eigenvalue weighted by molar-refractivity contribution is 0.0954. The van der Waals surface area contributed by atoms with Crippen LogP contribution >= 0.6 is 11.6 Å². The molecule has 0 bridgehead atoms. The van der Waals surface area contributed by atoms with Crippen molar-refractivity contribution >= 4 is 23.7 Å². The highest BCUT2D eigenvalue weighted by molar-refractivity contribution is 6.31. The highest BCUT2D eigenvalue weighted by atomic mass is 35.5. The third-order valence-corrected chi connectivity index (χ3v) is 5.24. The quantitative estimate of drug-likeness (QED) is 0.250. The van der Waals surface area contributed by atoms with Crippen LogP contribution in [0.4, 0.5) is 0 Å². The minimum atomic E-state index is -0.365. The molecule has 0 spiro atoms. The van der Waals surface area contributed by atoms with Crippen LogP contribution in [0, 0.1) is 0 Å². The van der Waals surface area contributed by atoms with Crippen molar-refractivity contribution in [1.82, 2.24) is 5.43 Å². The lowest BCUT2D eigenvalue weighted by Gasteiger charge is -2.12. The Kier molecular flexibility index (Phi) is 9.80. The first-order valence-electron chi connectivity index (χ1n) is 11.3. The Labute approximate surface area is 210 Å². The second-order valence-electron chi connectivity index (χ2n) is 7.43. The Bertz CT molecular complexity index is 1170. The first-order valence-corrected chi connectivity index (χ1v) is 11.7. The summed E-state index contributed by atoms with van der Waals surface area (Å²) in [6.07, 6.45) is 2.40. The number of nitrogens with one attached hydrogen (secondary N) is 1. The van der Waals surface area contributed by atoms with Gasteiger partial charge in [-0.3, -0.25) is 4.79 Å². The summed E-state index contributed by atoms with van der Waals surface area (Å²) >= 11 is 6.19. The maximum Gasteiger partial charge on any atom is 0.271 e. The molecule has 0 aliphatic heterocycles. The third-order valence-electron chi connectivity index (χ3n) is 4.88. The van der Waals surface area contributed by atoms with Crippen LogP contribution in [0.3, 0.4) is 0 Å². The number of hydrogen-bond donors (Lipinski definition) is 1. The van der Waals surface area contributed by atoms with Gasteiger partial charge in [0, 0.05) is 16.1 Å². The molecule has 35 heavy (non-hydrogen) atoms. The van der Waals surface area contributed by atoms with E-state index in [-0.39, 0.29) is 5.91 Å². The fourth-order valence-electron chi connectivity index (χ4n) is 3.13. The maximum absolute atomic E-state index is 12.6. The SMILES string of the molecule is CCCOc1ccc(C(=O)N/N=C/c2ccc(OCc3ccccc3Cl)c(OC)c2)cc1OCC. The highest BCUT2D eigenvalue weighted by Crippen LogP contribution is 2.30. The van der Waals surface area contributed by atoms with E-state index in [0.29, 0.717) is 53.4 Å². The van der Waals surface area contributed by atoms with Gasteiger partial charge in [-0.1, -0.05) is 36.7 Å². The van der Waals surface area contributed by atoms with Gasteiger partial charge in [0.25, 0.3) is 5.91 Å². The molecule has 0 saturated heterocycles. The zero-order valence-corrected chi connectivity index (χ0v) is 20.8. The molecule has 0 atom stereocenters. The van der Waals surface area contributed by atoms with E-state index >= 15 is 0 Å². The normalized spacial score (nSPS) is 10.7. The minimum absolute atomic E-state index is 0.311. The van der Waals surface area contributed by atoms with Crippen molar-refractivity contribution in [3.05, 3.63) is 82.4 Å². The van der Waals surface area contributed by atoms with Gasteiger partial charge in [-0.2, -0.15) is 5.10 Å². The molecule has 0 fully saturated rings. The summed E-state index contributed by atoms with van der Waals surface area (Å²) in [6.45, 7) is 5.25. The van der Waals surface area contributed by atoms with E-state index in [1.54, 1.807) is 37.4 Å². The standard InChI is InChI=1S/C27H29ClN2O5/c1-4-14-34-24-13-11-20(16-26(24)33-5-2)27(31)30-29-17-19-10-12-23(25(15-19)32-3)35-18-21-8-6-7-9-22(21)28/h6-13,15-17H,4-5,14,18H2,1-3H3,(H,30,31)/b29-17+. The average Bonchev–Trinajstić information content (AvgIpc) is 2.88. The summed E-state index contributed by atoms with van der Waals surface area (Å²) in [7, 11) is 1.56. The van der Waals surface area contributed by atoms with Crippen molar-refractivity contribution in [3.8, 4) is 23.0 Å². The zero-order chi connectivity index (χ0) is 25.0. The monoisotopic (exact) mass is 496 g/mol. The van der Waals surface area contributed by atoms with Gasteiger partial charge in [-0.15, -0.1) is 0 Å². The predicted octanol–water partition coefficient (Wildman–Crippen LogP) is 5.88. The number of hydrazone groups is 1. The molecule has 3 aromatic carbocycles. The molecule has 0 aliphatic carbocycles. The summed E-state index contributed by atoms with van der Waals surface area (Å²) in [5.74, 6) is 1.88. The molecule has 3 aromatic rings. The van der Waals surface area contributed by atoms with E-state index in [4.69, 9.17) is 30.5 Å². The lowest BCUT2D eigenvalue weighted by Crippen LogP contribution is -2.17. The molecule has 184 valence electrons. The van der Waals surface area contributed by atoms with Crippen LogP contribution in [0.25, 0.3) is 0 Å². The molecule has 7 nitrogen and oxygen atoms in total. The van der Waals surface area contributed by atoms with Crippen LogP contribution in [0.15, 0.2) is 65.8 Å². The number of hydrogen-bond acceptors (Lipinski definition) is 6. The third kappa shape index (κ3) is 7.39. The Balaban J connectivity index is 1.63. The van der Waals surface area contributed by atoms with Gasteiger partial charge in [-0.05, 0) is 61.4 Å². The van der Waals surface area contributed by atoms with Crippen LogP contribution in [0.1, 0.15) is 41.8 Å². The topological polar surface area (TPSA) is 78.4 Å². The van der Waals surface area contributed by atoms with Crippen molar-refractivity contribution in [1.29, 1.82) is 0 Å². The number of nitrogens with zero attached hydrogens (tertiary/aromatic N) is 1. The van der Waals surface area contributed by atoms with E-state index in [1.165, 1.54) is 6.21 Å². The number of rotatable bonds is 12. The first kappa shape index (κ1) is 25.9. The molecule has 1 N–H and O–H groups in total. The molecule has 0 heterocycles. The van der Waals surface area contributed by atoms with Crippen LogP contribution in [0.5, 0.6) is 23.0 Å². The van der Waals surface area contributed by atoms with Crippen molar-refractivity contribution in [2.24, 2.45) is 5.10 Å². The predicted molar refractivity (Wildman–Crippen MR) is 137 cm³/mol. The fourth-order valence-corrected chi connectivity index (χ4v) is 3.32. The van der Waals surface area contributed by atoms with Crippen LogP contribution in [-0.2, 0) is 6.61 Å². The Morgan fingerprint density at radius 3 is 2.46 bits per heavy atom. The van der Waals surface area contributed by atoms with Gasteiger partial charge in [0.2, 0.25) is 0 Å². The van der Waals surface area contributed by atoms with E-state index in [0.717, 1.165) is 17.5 Å². The average molecular weight is 497 g/mol. The number of halogens is 1. The van der Waals surface area contributed by atoms with E-state index < -0.39 is 0 Å². The van der Waals surface area contributed by atoms with Crippen LogP contribution in [0.2, 0.25) is 5.02 Å². The zero-order valence-electron chi connectivity index (χ0n) is 20.0. The van der Waals surface area contributed by atoms with E-state index in [1.807, 2.05) is 44.2 Å². The second kappa shape index (κ2) is 13.2. The molecular formula is C27H29ClN2O5. The van der Waals surface area contributed by atoms with E-state index in [9.17, 15) is 4.79 Å². The number of carbonyl (C=O) groups excluding carboxylic acids is 1. The largest absolute Gasteiger partial charge is 0.493 e. The molecule has 8 heteroatoms. The van der Waals surface area contributed by atoms with Gasteiger partial charge in [0.1, 0.15) is 6.61 Å². The summed E-state index contributed by atoms with van der Waals surface area (Å²) in [6, 6.07) is 17.9. The number of carbonyl (C=O) groups is 1. The minimum Gasteiger partial charge on any atom is -0.493 e. The van der Waals surface area contributed by atoms with Crippen molar-refractivity contribution in [2.75, 3.05) is 20.3 Å². The van der Waals surface area contributed by atoms with Crippen LogP contribution < -0.4 is 24.4 Å². The fraction of sp³-hybridized carbons (Fsp3) is 0.259. The highest BCUT2D eigenvalue weighted by Gasteiger charge is 2.12. The summed E-state index contributed by atoms with van der Waals surface area (Å²) < 4.78 is 22.6. The Morgan fingerprint density at radius 1 is 0.943 bits per heavy atom. The van der Waals surface area contributed by atoms with Gasteiger partial charge in [0.15, 0.2) is 23.0 Å². The Hall–Kier alpha value is -3.71. The molecule has 1 amide bonds. The van der Waals surface area contributed by atoms with Gasteiger partial charge >= 0.3 is 0 Å². The number of ether oxygens (including phenoxy) is 4. The van der Waals surface area contributed by atoms with Gasteiger partial charge in [-0.25, -0.2) is 5.43 Å². The molecular weight excluding hydrogens is 468 g/mol. The lowest BCUT2D eigenvalue weighted by atomic mass is 10.2. The smallest absolute Gasteiger partial charge is 0.271 e. The molecule has 0 aromatic heterocycles. The van der Waals surface area contributed by atoms with Crippen LogP contribution in [-0.4, -0.2) is 32.4 Å².